The molecule has 0 saturated heterocycles. The van der Waals surface area contributed by atoms with Gasteiger partial charge in [0.15, 0.2) is 0 Å². The Labute approximate surface area is 146 Å². The molecular weight excluding hydrogens is 353 g/mol. The van der Waals surface area contributed by atoms with E-state index in [-0.39, 0.29) is 6.61 Å². The molecule has 3 nitrogen and oxygen atoms in total. The van der Waals surface area contributed by atoms with E-state index in [4.69, 9.17) is 33.2 Å². The number of ether oxygens (including phenoxy) is 1. The van der Waals surface area contributed by atoms with Crippen LogP contribution in [0.5, 0.6) is 0 Å². The second kappa shape index (κ2) is 6.59. The first-order chi connectivity index (χ1) is 11.1. The maximum atomic E-state index is 12.3. The summed E-state index contributed by atoms with van der Waals surface area (Å²) in [5.41, 5.74) is 1.27. The Morgan fingerprint density at radius 2 is 2.04 bits per heavy atom. The van der Waals surface area contributed by atoms with Gasteiger partial charge < -0.3 is 4.74 Å². The van der Waals surface area contributed by atoms with Crippen LogP contribution in [0.1, 0.15) is 20.8 Å². The molecule has 23 heavy (non-hydrogen) atoms. The van der Waals surface area contributed by atoms with Crippen molar-refractivity contribution in [2.24, 2.45) is 0 Å². The van der Waals surface area contributed by atoms with Gasteiger partial charge in [-0.05, 0) is 29.8 Å². The van der Waals surface area contributed by atoms with E-state index in [0.717, 1.165) is 15.6 Å². The predicted molar refractivity (Wildman–Crippen MR) is 92.1 cm³/mol. The highest BCUT2D eigenvalue weighted by atomic mass is 35.5. The Balaban J connectivity index is 1.81. The minimum atomic E-state index is -0.491. The molecule has 0 atom stereocenters. The third-order valence-corrected chi connectivity index (χ3v) is 5.08. The van der Waals surface area contributed by atoms with Crippen LogP contribution in [0.15, 0.2) is 42.5 Å². The Kier molecular flexibility index (Phi) is 4.53. The zero-order valence-corrected chi connectivity index (χ0v) is 14.0. The maximum absolute atomic E-state index is 12.3. The Morgan fingerprint density at radius 1 is 1.22 bits per heavy atom. The summed E-state index contributed by atoms with van der Waals surface area (Å²) in [6.45, 7) is 0.0830. The molecule has 0 amide bonds. The number of thiophene rings is 1. The molecule has 0 saturated carbocycles. The van der Waals surface area contributed by atoms with Crippen molar-refractivity contribution in [3.05, 3.63) is 68.5 Å². The summed E-state index contributed by atoms with van der Waals surface area (Å²) in [4.78, 5) is 12.6. The number of hydrogen-bond acceptors (Lipinski definition) is 4. The molecule has 0 aliphatic heterocycles. The average molecular weight is 362 g/mol. The summed E-state index contributed by atoms with van der Waals surface area (Å²) in [5, 5.41) is 10.6. The molecule has 0 N–H and O–H groups in total. The van der Waals surface area contributed by atoms with Gasteiger partial charge >= 0.3 is 5.97 Å². The fourth-order valence-electron chi connectivity index (χ4n) is 2.12. The number of benzene rings is 2. The van der Waals surface area contributed by atoms with Gasteiger partial charge in [0.05, 0.1) is 16.7 Å². The molecule has 114 valence electrons. The van der Waals surface area contributed by atoms with Gasteiger partial charge in [-0.3, -0.25) is 0 Å². The topological polar surface area (TPSA) is 50.1 Å². The molecule has 0 radical (unpaired) electrons. The van der Waals surface area contributed by atoms with Crippen molar-refractivity contribution in [2.75, 3.05) is 0 Å². The normalized spacial score (nSPS) is 10.5. The first kappa shape index (κ1) is 15.8. The van der Waals surface area contributed by atoms with Crippen LogP contribution < -0.4 is 0 Å². The van der Waals surface area contributed by atoms with Crippen LogP contribution in [0.3, 0.4) is 0 Å². The maximum Gasteiger partial charge on any atom is 0.350 e. The third-order valence-electron chi connectivity index (χ3n) is 3.20. The number of rotatable bonds is 3. The van der Waals surface area contributed by atoms with Gasteiger partial charge in [-0.15, -0.1) is 11.3 Å². The standard InChI is InChI=1S/C17H9Cl2NO2S/c18-12-4-5-13-14(7-12)23-16(15(13)19)17(21)22-9-11-3-1-2-10(6-11)8-20/h1-7H,9H2. The van der Waals surface area contributed by atoms with Gasteiger partial charge in [-0.2, -0.15) is 5.26 Å². The van der Waals surface area contributed by atoms with Gasteiger partial charge in [0.2, 0.25) is 0 Å². The van der Waals surface area contributed by atoms with E-state index >= 15 is 0 Å². The first-order valence-electron chi connectivity index (χ1n) is 6.62. The number of fused-ring (bicyclic) bond motifs is 1. The molecule has 6 heteroatoms. The molecule has 1 aromatic heterocycles. The Hall–Kier alpha value is -2.06. The summed E-state index contributed by atoms with van der Waals surface area (Å²) in [6, 6.07) is 14.2. The number of carbonyl (C=O) groups is 1. The zero-order chi connectivity index (χ0) is 16.4. The predicted octanol–water partition coefficient (Wildman–Crippen LogP) is 5.44. The Bertz CT molecular complexity index is 943. The lowest BCUT2D eigenvalue weighted by Gasteiger charge is -2.04. The van der Waals surface area contributed by atoms with Crippen molar-refractivity contribution in [3.63, 3.8) is 0 Å². The molecule has 3 rings (SSSR count). The van der Waals surface area contributed by atoms with Crippen LogP contribution in [0.2, 0.25) is 10.0 Å². The summed E-state index contributed by atoms with van der Waals surface area (Å²) in [7, 11) is 0. The van der Waals surface area contributed by atoms with E-state index in [1.54, 1.807) is 42.5 Å². The Morgan fingerprint density at radius 3 is 2.83 bits per heavy atom. The lowest BCUT2D eigenvalue weighted by atomic mass is 10.1. The second-order valence-corrected chi connectivity index (χ2v) is 6.64. The highest BCUT2D eigenvalue weighted by molar-refractivity contribution is 7.21. The van der Waals surface area contributed by atoms with Gasteiger partial charge in [0, 0.05) is 15.1 Å². The lowest BCUT2D eigenvalue weighted by molar-refractivity contribution is 0.0479. The van der Waals surface area contributed by atoms with Crippen molar-refractivity contribution >= 4 is 50.6 Å². The molecule has 1 heterocycles. The van der Waals surface area contributed by atoms with Crippen LogP contribution in [-0.4, -0.2) is 5.97 Å². The zero-order valence-electron chi connectivity index (χ0n) is 11.7. The summed E-state index contributed by atoms with van der Waals surface area (Å²) < 4.78 is 6.13. The van der Waals surface area contributed by atoms with Crippen LogP contribution in [0.25, 0.3) is 10.1 Å². The third kappa shape index (κ3) is 3.32. The van der Waals surface area contributed by atoms with Crippen LogP contribution >= 0.6 is 34.5 Å². The van der Waals surface area contributed by atoms with Crippen molar-refractivity contribution in [2.45, 2.75) is 6.61 Å². The molecule has 0 spiro atoms. The fourth-order valence-corrected chi connectivity index (χ4v) is 3.79. The molecule has 2 aromatic carbocycles. The number of esters is 1. The number of nitrogens with zero attached hydrogens (tertiary/aromatic N) is 1. The SMILES string of the molecule is N#Cc1cccc(COC(=O)c2sc3cc(Cl)ccc3c2Cl)c1. The molecule has 0 aliphatic rings. The molecule has 3 aromatic rings. The van der Waals surface area contributed by atoms with E-state index in [2.05, 4.69) is 0 Å². The summed E-state index contributed by atoms with van der Waals surface area (Å²) >= 11 is 13.5. The van der Waals surface area contributed by atoms with E-state index in [1.165, 1.54) is 11.3 Å². The van der Waals surface area contributed by atoms with Crippen LogP contribution in [-0.2, 0) is 11.3 Å². The molecular formula is C17H9Cl2NO2S. The minimum absolute atomic E-state index is 0.0830. The largest absolute Gasteiger partial charge is 0.457 e. The van der Waals surface area contributed by atoms with Crippen molar-refractivity contribution < 1.29 is 9.53 Å². The van der Waals surface area contributed by atoms with Crippen LogP contribution in [0, 0.1) is 11.3 Å². The lowest BCUT2D eigenvalue weighted by Crippen LogP contribution is -2.03. The monoisotopic (exact) mass is 361 g/mol. The van der Waals surface area contributed by atoms with Gasteiger partial charge in [0.1, 0.15) is 11.5 Å². The molecule has 0 aliphatic carbocycles. The quantitative estimate of drug-likeness (QED) is 0.583. The smallest absolute Gasteiger partial charge is 0.350 e. The highest BCUT2D eigenvalue weighted by Gasteiger charge is 2.18. The van der Waals surface area contributed by atoms with Gasteiger partial charge in [-0.1, -0.05) is 41.4 Å². The van der Waals surface area contributed by atoms with Crippen molar-refractivity contribution in [3.8, 4) is 6.07 Å². The van der Waals surface area contributed by atoms with Crippen LogP contribution in [0.4, 0.5) is 0 Å². The van der Waals surface area contributed by atoms with Crippen molar-refractivity contribution in [1.82, 2.24) is 0 Å². The molecule has 0 unspecified atom stereocenters. The fraction of sp³-hybridized carbons (Fsp3) is 0.0588. The molecule has 0 fully saturated rings. The highest BCUT2D eigenvalue weighted by Crippen LogP contribution is 2.37. The second-order valence-electron chi connectivity index (χ2n) is 4.77. The first-order valence-corrected chi connectivity index (χ1v) is 8.19. The minimum Gasteiger partial charge on any atom is -0.457 e. The summed E-state index contributed by atoms with van der Waals surface area (Å²) in [6.07, 6.45) is 0. The van der Waals surface area contributed by atoms with Gasteiger partial charge in [0.25, 0.3) is 0 Å². The van der Waals surface area contributed by atoms with E-state index in [1.807, 2.05) is 6.07 Å². The number of hydrogen-bond donors (Lipinski definition) is 0. The van der Waals surface area contributed by atoms with Crippen molar-refractivity contribution in [1.29, 1.82) is 5.26 Å². The summed E-state index contributed by atoms with van der Waals surface area (Å²) in [5.74, 6) is -0.491. The number of carbonyl (C=O) groups excluding carboxylic acids is 1. The van der Waals surface area contributed by atoms with E-state index in [0.29, 0.717) is 20.5 Å². The number of halogens is 2. The number of nitriles is 1. The van der Waals surface area contributed by atoms with Gasteiger partial charge in [-0.25, -0.2) is 4.79 Å². The molecule has 0 bridgehead atoms. The van der Waals surface area contributed by atoms with E-state index in [9.17, 15) is 4.79 Å². The average Bonchev–Trinajstić information content (AvgIpc) is 2.89. The van der Waals surface area contributed by atoms with E-state index < -0.39 is 5.97 Å².